The van der Waals surface area contributed by atoms with E-state index in [0.717, 1.165) is 12.1 Å². The van der Waals surface area contributed by atoms with Gasteiger partial charge in [-0.05, 0) is 34.5 Å². The zero-order chi connectivity index (χ0) is 16.2. The minimum Gasteiger partial charge on any atom is -0.383 e. The fourth-order valence-electron chi connectivity index (χ4n) is 1.62. The van der Waals surface area contributed by atoms with E-state index in [-0.39, 0.29) is 16.1 Å². The van der Waals surface area contributed by atoms with Gasteiger partial charge in [-0.25, -0.2) is 12.8 Å². The van der Waals surface area contributed by atoms with E-state index in [1.165, 1.54) is 7.11 Å². The first-order chi connectivity index (χ1) is 9.70. The van der Waals surface area contributed by atoms with Gasteiger partial charge in [0, 0.05) is 22.3 Å². The van der Waals surface area contributed by atoms with Crippen LogP contribution in [0.5, 0.6) is 0 Å². The summed E-state index contributed by atoms with van der Waals surface area (Å²) in [6.45, 7) is 2.17. The Balaban J connectivity index is 3.15. The maximum Gasteiger partial charge on any atom is 0.264 e. The van der Waals surface area contributed by atoms with Crippen LogP contribution in [0.4, 0.5) is 4.39 Å². The molecule has 118 valence electrons. The van der Waals surface area contributed by atoms with Gasteiger partial charge in [-0.15, -0.1) is 0 Å². The molecule has 0 radical (unpaired) electrons. The molecular weight excluding hydrogens is 389 g/mol. The third-order valence-corrected chi connectivity index (χ3v) is 4.72. The molecule has 0 aliphatic carbocycles. The number of carbonyl (C=O) groups excluding carboxylic acids is 1. The second kappa shape index (κ2) is 7.53. The Morgan fingerprint density at radius 3 is 2.62 bits per heavy atom. The van der Waals surface area contributed by atoms with Gasteiger partial charge < -0.3 is 10.1 Å². The average molecular weight is 403 g/mol. The van der Waals surface area contributed by atoms with Crippen LogP contribution in [-0.4, -0.2) is 34.1 Å². The molecule has 5 nitrogen and oxygen atoms in total. The van der Waals surface area contributed by atoms with E-state index in [4.69, 9.17) is 15.4 Å². The van der Waals surface area contributed by atoms with Gasteiger partial charge in [0.05, 0.1) is 18.2 Å². The highest BCUT2D eigenvalue weighted by Gasteiger charge is 2.22. The van der Waals surface area contributed by atoms with Gasteiger partial charge in [-0.3, -0.25) is 4.79 Å². The van der Waals surface area contributed by atoms with Crippen LogP contribution < -0.4 is 5.32 Å². The molecule has 1 N–H and O–H groups in total. The summed E-state index contributed by atoms with van der Waals surface area (Å²) in [5, 5.41) is 2.67. The van der Waals surface area contributed by atoms with Gasteiger partial charge in [-0.1, -0.05) is 6.92 Å². The zero-order valence-electron chi connectivity index (χ0n) is 11.3. The van der Waals surface area contributed by atoms with E-state index in [0.29, 0.717) is 13.0 Å². The Hall–Kier alpha value is -0.700. The Labute approximate surface area is 135 Å². The van der Waals surface area contributed by atoms with E-state index in [1.54, 1.807) is 0 Å². The molecule has 1 aromatic carbocycles. The number of amides is 1. The van der Waals surface area contributed by atoms with Crippen molar-refractivity contribution in [3.63, 3.8) is 0 Å². The second-order valence-electron chi connectivity index (χ2n) is 4.23. The van der Waals surface area contributed by atoms with Gasteiger partial charge in [-0.2, -0.15) is 0 Å². The van der Waals surface area contributed by atoms with Crippen molar-refractivity contribution in [1.82, 2.24) is 5.32 Å². The van der Waals surface area contributed by atoms with Crippen molar-refractivity contribution in [3.8, 4) is 0 Å². The largest absolute Gasteiger partial charge is 0.383 e. The zero-order valence-corrected chi connectivity index (χ0v) is 14.5. The number of benzene rings is 1. The van der Waals surface area contributed by atoms with Crippen LogP contribution in [0.1, 0.15) is 23.7 Å². The van der Waals surface area contributed by atoms with Crippen molar-refractivity contribution in [2.24, 2.45) is 0 Å². The second-order valence-corrected chi connectivity index (χ2v) is 7.62. The van der Waals surface area contributed by atoms with Crippen LogP contribution in [0.25, 0.3) is 0 Å². The lowest BCUT2D eigenvalue weighted by Gasteiger charge is -2.16. The van der Waals surface area contributed by atoms with Crippen molar-refractivity contribution in [2.45, 2.75) is 24.3 Å². The van der Waals surface area contributed by atoms with Crippen molar-refractivity contribution in [2.75, 3.05) is 13.7 Å². The standard InChI is InChI=1S/C12H14BrClFNO4S/c1-3-7(6-20-2)16-12(17)8-4-11(21(14,18)19)10(15)5-9(8)13/h4-5,7H,3,6H2,1-2H3,(H,16,17). The summed E-state index contributed by atoms with van der Waals surface area (Å²) in [7, 11) is 2.36. The molecule has 1 atom stereocenters. The number of halogens is 3. The summed E-state index contributed by atoms with van der Waals surface area (Å²) in [4.78, 5) is 11.4. The number of methoxy groups -OCH3 is 1. The molecule has 0 aliphatic rings. The molecule has 21 heavy (non-hydrogen) atoms. The van der Waals surface area contributed by atoms with Gasteiger partial charge in [0.15, 0.2) is 0 Å². The summed E-state index contributed by atoms with van der Waals surface area (Å²) in [6.07, 6.45) is 0.624. The van der Waals surface area contributed by atoms with E-state index in [1.807, 2.05) is 6.92 Å². The maximum absolute atomic E-state index is 13.6. The number of carbonyl (C=O) groups is 1. The van der Waals surface area contributed by atoms with Gasteiger partial charge >= 0.3 is 0 Å². The normalized spacial score (nSPS) is 13.0. The maximum atomic E-state index is 13.6. The quantitative estimate of drug-likeness (QED) is 0.743. The number of rotatable bonds is 6. The molecule has 0 heterocycles. The van der Waals surface area contributed by atoms with E-state index >= 15 is 0 Å². The predicted molar refractivity (Wildman–Crippen MR) is 80.6 cm³/mol. The molecule has 0 spiro atoms. The lowest BCUT2D eigenvalue weighted by molar-refractivity contribution is 0.0893. The van der Waals surface area contributed by atoms with E-state index < -0.39 is 25.7 Å². The lowest BCUT2D eigenvalue weighted by atomic mass is 10.1. The molecule has 0 saturated heterocycles. The van der Waals surface area contributed by atoms with Crippen LogP contribution in [0.3, 0.4) is 0 Å². The Morgan fingerprint density at radius 2 is 2.14 bits per heavy atom. The van der Waals surface area contributed by atoms with Crippen LogP contribution in [0.2, 0.25) is 0 Å². The van der Waals surface area contributed by atoms with E-state index in [9.17, 15) is 17.6 Å². The van der Waals surface area contributed by atoms with Crippen LogP contribution in [0, 0.1) is 5.82 Å². The highest BCUT2D eigenvalue weighted by Crippen LogP contribution is 2.26. The summed E-state index contributed by atoms with van der Waals surface area (Å²) in [5.74, 6) is -1.58. The van der Waals surface area contributed by atoms with Crippen molar-refractivity contribution < 1.29 is 22.3 Å². The van der Waals surface area contributed by atoms with Crippen molar-refractivity contribution in [3.05, 3.63) is 28.0 Å². The highest BCUT2D eigenvalue weighted by molar-refractivity contribution is 9.10. The average Bonchev–Trinajstić information content (AvgIpc) is 2.36. The lowest BCUT2D eigenvalue weighted by Crippen LogP contribution is -2.37. The molecule has 0 aromatic heterocycles. The Morgan fingerprint density at radius 1 is 1.52 bits per heavy atom. The molecule has 1 amide bonds. The van der Waals surface area contributed by atoms with Gasteiger partial charge in [0.1, 0.15) is 10.7 Å². The van der Waals surface area contributed by atoms with Crippen molar-refractivity contribution in [1.29, 1.82) is 0 Å². The molecule has 1 aromatic rings. The Kier molecular flexibility index (Phi) is 6.58. The summed E-state index contributed by atoms with van der Waals surface area (Å²) >= 11 is 3.03. The first-order valence-electron chi connectivity index (χ1n) is 5.94. The van der Waals surface area contributed by atoms with Crippen LogP contribution in [-0.2, 0) is 13.8 Å². The molecule has 0 bridgehead atoms. The molecular formula is C12H14BrClFNO4S. The number of ether oxygens (including phenoxy) is 1. The SMILES string of the molecule is CCC(COC)NC(=O)c1cc(S(=O)(=O)Cl)c(F)cc1Br. The van der Waals surface area contributed by atoms with E-state index in [2.05, 4.69) is 21.2 Å². The monoisotopic (exact) mass is 401 g/mol. The number of hydrogen-bond donors (Lipinski definition) is 1. The van der Waals surface area contributed by atoms with Crippen LogP contribution >= 0.6 is 26.6 Å². The van der Waals surface area contributed by atoms with Crippen molar-refractivity contribution >= 4 is 41.6 Å². The predicted octanol–water partition coefficient (Wildman–Crippen LogP) is 2.67. The fourth-order valence-corrected chi connectivity index (χ4v) is 3.02. The number of hydrogen-bond acceptors (Lipinski definition) is 4. The molecule has 1 rings (SSSR count). The fraction of sp³-hybridized carbons (Fsp3) is 0.417. The first kappa shape index (κ1) is 18.3. The summed E-state index contributed by atoms with van der Waals surface area (Å²) < 4.78 is 41.2. The molecule has 0 fully saturated rings. The molecule has 0 aliphatic heterocycles. The Bertz CT molecular complexity index is 638. The molecule has 0 saturated carbocycles. The van der Waals surface area contributed by atoms with Gasteiger partial charge in [0.25, 0.3) is 15.0 Å². The first-order valence-corrected chi connectivity index (χ1v) is 9.04. The minimum atomic E-state index is -4.28. The third kappa shape index (κ3) is 4.91. The number of nitrogens with one attached hydrogen (secondary N) is 1. The summed E-state index contributed by atoms with van der Waals surface area (Å²) in [5.41, 5.74) is -0.0230. The third-order valence-electron chi connectivity index (χ3n) is 2.72. The minimum absolute atomic E-state index is 0.0230. The molecule has 9 heteroatoms. The summed E-state index contributed by atoms with van der Waals surface area (Å²) in [6, 6.07) is 1.55. The van der Waals surface area contributed by atoms with Gasteiger partial charge in [0.2, 0.25) is 0 Å². The smallest absolute Gasteiger partial charge is 0.264 e. The topological polar surface area (TPSA) is 72.5 Å². The molecule has 1 unspecified atom stereocenters. The van der Waals surface area contributed by atoms with Crippen LogP contribution in [0.15, 0.2) is 21.5 Å². The highest BCUT2D eigenvalue weighted by atomic mass is 79.9.